The van der Waals surface area contributed by atoms with Crippen molar-refractivity contribution in [1.82, 2.24) is 15.0 Å². The van der Waals surface area contributed by atoms with E-state index in [0.717, 1.165) is 12.1 Å². The van der Waals surface area contributed by atoms with Crippen LogP contribution in [0, 0.1) is 0 Å². The fourth-order valence-corrected chi connectivity index (χ4v) is 2.03. The van der Waals surface area contributed by atoms with E-state index in [2.05, 4.69) is 25.6 Å². The molecule has 0 unspecified atom stereocenters. The van der Waals surface area contributed by atoms with Crippen LogP contribution in [0.15, 0.2) is 55.0 Å². The van der Waals surface area contributed by atoms with Crippen LogP contribution in [0.4, 0.5) is 42.0 Å². The summed E-state index contributed by atoms with van der Waals surface area (Å²) in [4.78, 5) is 12.2. The zero-order valence-corrected chi connectivity index (χ0v) is 12.7. The zero-order valence-electron chi connectivity index (χ0n) is 12.7. The number of pyridine rings is 1. The SMILES string of the molecule is Nc1c(Nc2ccc(C(F)(F)F)cc2)ncnc1Nc1ccccn1. The Balaban J connectivity index is 1.80. The molecule has 0 amide bonds. The van der Waals surface area contributed by atoms with Crippen molar-refractivity contribution in [3.8, 4) is 0 Å². The first-order valence-corrected chi connectivity index (χ1v) is 7.16. The maximum Gasteiger partial charge on any atom is 0.416 e. The van der Waals surface area contributed by atoms with E-state index in [1.165, 1.54) is 18.5 Å². The first kappa shape index (κ1) is 16.5. The molecule has 25 heavy (non-hydrogen) atoms. The largest absolute Gasteiger partial charge is 0.416 e. The van der Waals surface area contributed by atoms with Crippen LogP contribution in [0.2, 0.25) is 0 Å². The van der Waals surface area contributed by atoms with E-state index >= 15 is 0 Å². The number of rotatable bonds is 4. The molecule has 0 aliphatic rings. The number of hydrogen-bond acceptors (Lipinski definition) is 6. The van der Waals surface area contributed by atoms with Crippen LogP contribution < -0.4 is 16.4 Å². The summed E-state index contributed by atoms with van der Waals surface area (Å²) < 4.78 is 37.8. The fourth-order valence-electron chi connectivity index (χ4n) is 2.03. The van der Waals surface area contributed by atoms with Crippen LogP contribution >= 0.6 is 0 Å². The minimum atomic E-state index is -4.38. The number of nitrogens with one attached hydrogen (secondary N) is 2. The Kier molecular flexibility index (Phi) is 4.38. The van der Waals surface area contributed by atoms with Crippen molar-refractivity contribution in [3.05, 3.63) is 60.6 Å². The zero-order chi connectivity index (χ0) is 17.9. The number of aromatic nitrogens is 3. The Morgan fingerprint density at radius 1 is 0.840 bits per heavy atom. The molecule has 3 rings (SSSR count). The second-order valence-corrected chi connectivity index (χ2v) is 5.02. The smallest absolute Gasteiger partial charge is 0.393 e. The molecule has 3 aromatic rings. The molecule has 0 aliphatic heterocycles. The summed E-state index contributed by atoms with van der Waals surface area (Å²) in [7, 11) is 0. The molecule has 6 nitrogen and oxygen atoms in total. The summed E-state index contributed by atoms with van der Waals surface area (Å²) in [5.41, 5.74) is 5.92. The molecular weight excluding hydrogens is 333 g/mol. The summed E-state index contributed by atoms with van der Waals surface area (Å²) in [6, 6.07) is 9.87. The maximum absolute atomic E-state index is 12.6. The summed E-state index contributed by atoms with van der Waals surface area (Å²) in [5, 5.41) is 5.82. The Bertz CT molecular complexity index is 850. The van der Waals surface area contributed by atoms with Gasteiger partial charge >= 0.3 is 6.18 Å². The van der Waals surface area contributed by atoms with Gasteiger partial charge < -0.3 is 16.4 Å². The number of hydrogen-bond donors (Lipinski definition) is 3. The summed E-state index contributed by atoms with van der Waals surface area (Å²) in [6.45, 7) is 0. The van der Waals surface area contributed by atoms with Crippen molar-refractivity contribution in [2.24, 2.45) is 0 Å². The van der Waals surface area contributed by atoms with Gasteiger partial charge in [0.2, 0.25) is 0 Å². The second kappa shape index (κ2) is 6.63. The normalized spacial score (nSPS) is 11.2. The number of nitrogens with zero attached hydrogens (tertiary/aromatic N) is 3. The quantitative estimate of drug-likeness (QED) is 0.663. The molecule has 128 valence electrons. The molecule has 0 radical (unpaired) electrons. The average Bonchev–Trinajstić information content (AvgIpc) is 2.59. The first-order chi connectivity index (χ1) is 11.9. The Morgan fingerprint density at radius 3 is 2.12 bits per heavy atom. The molecule has 0 fully saturated rings. The predicted octanol–water partition coefficient (Wildman–Crippen LogP) is 3.96. The number of benzene rings is 1. The van der Waals surface area contributed by atoms with E-state index in [1.807, 2.05) is 0 Å². The van der Waals surface area contributed by atoms with E-state index < -0.39 is 11.7 Å². The number of anilines is 5. The van der Waals surface area contributed by atoms with E-state index in [-0.39, 0.29) is 11.5 Å². The van der Waals surface area contributed by atoms with Gasteiger partial charge in [0.1, 0.15) is 17.8 Å². The van der Waals surface area contributed by atoms with Crippen LogP contribution in [0.5, 0.6) is 0 Å². The lowest BCUT2D eigenvalue weighted by Gasteiger charge is -2.13. The molecule has 2 aromatic heterocycles. The highest BCUT2D eigenvalue weighted by Crippen LogP contribution is 2.31. The third-order valence-electron chi connectivity index (χ3n) is 3.27. The predicted molar refractivity (Wildman–Crippen MR) is 88.7 cm³/mol. The van der Waals surface area contributed by atoms with Crippen LogP contribution in [0.3, 0.4) is 0 Å². The molecule has 9 heteroatoms. The number of nitrogens with two attached hydrogens (primary N) is 1. The van der Waals surface area contributed by atoms with Crippen molar-refractivity contribution in [3.63, 3.8) is 0 Å². The van der Waals surface area contributed by atoms with Gasteiger partial charge in [-0.05, 0) is 36.4 Å². The van der Waals surface area contributed by atoms with Crippen molar-refractivity contribution in [2.45, 2.75) is 6.18 Å². The third kappa shape index (κ3) is 3.94. The van der Waals surface area contributed by atoms with Gasteiger partial charge in [-0.25, -0.2) is 15.0 Å². The molecule has 1 aromatic carbocycles. The summed E-state index contributed by atoms with van der Waals surface area (Å²) >= 11 is 0. The molecule has 0 spiro atoms. The van der Waals surface area contributed by atoms with Crippen LogP contribution in [0.1, 0.15) is 5.56 Å². The van der Waals surface area contributed by atoms with Gasteiger partial charge in [-0.2, -0.15) is 13.2 Å². The van der Waals surface area contributed by atoms with Crippen LogP contribution in [-0.4, -0.2) is 15.0 Å². The van der Waals surface area contributed by atoms with Gasteiger partial charge in [-0.1, -0.05) is 6.07 Å². The number of nitrogen functional groups attached to an aromatic ring is 1. The van der Waals surface area contributed by atoms with Gasteiger partial charge in [-0.3, -0.25) is 0 Å². The highest BCUT2D eigenvalue weighted by molar-refractivity contribution is 5.79. The Morgan fingerprint density at radius 2 is 1.52 bits per heavy atom. The number of halogens is 3. The molecule has 0 bridgehead atoms. The Hall–Kier alpha value is -3.36. The third-order valence-corrected chi connectivity index (χ3v) is 3.27. The lowest BCUT2D eigenvalue weighted by atomic mass is 10.2. The molecule has 4 N–H and O–H groups in total. The van der Waals surface area contributed by atoms with Gasteiger partial charge in [0.15, 0.2) is 11.6 Å². The molecule has 0 saturated heterocycles. The van der Waals surface area contributed by atoms with Gasteiger partial charge in [0, 0.05) is 11.9 Å². The maximum atomic E-state index is 12.6. The highest BCUT2D eigenvalue weighted by Gasteiger charge is 2.29. The first-order valence-electron chi connectivity index (χ1n) is 7.16. The lowest BCUT2D eigenvalue weighted by Crippen LogP contribution is -2.07. The number of alkyl halides is 3. The monoisotopic (exact) mass is 346 g/mol. The minimum absolute atomic E-state index is 0.216. The second-order valence-electron chi connectivity index (χ2n) is 5.02. The van der Waals surface area contributed by atoms with E-state index in [9.17, 15) is 13.2 Å². The molecule has 0 aliphatic carbocycles. The van der Waals surface area contributed by atoms with Crippen LogP contribution in [0.25, 0.3) is 0 Å². The minimum Gasteiger partial charge on any atom is -0.393 e. The standard InChI is InChI=1S/C16H13F3N6/c17-16(18,19)10-4-6-11(7-5-10)24-14-13(20)15(23-9-22-14)25-12-3-1-2-8-21-12/h1-9H,20H2,(H2,21,22,23,24,25). The molecule has 0 saturated carbocycles. The lowest BCUT2D eigenvalue weighted by molar-refractivity contribution is -0.137. The van der Waals surface area contributed by atoms with Crippen molar-refractivity contribution in [2.75, 3.05) is 16.4 Å². The summed E-state index contributed by atoms with van der Waals surface area (Å²) in [5.74, 6) is 1.16. The van der Waals surface area contributed by atoms with Crippen molar-refractivity contribution < 1.29 is 13.2 Å². The summed E-state index contributed by atoms with van der Waals surface area (Å²) in [6.07, 6.45) is -1.48. The topological polar surface area (TPSA) is 88.8 Å². The molecule has 0 atom stereocenters. The van der Waals surface area contributed by atoms with Gasteiger partial charge in [0.05, 0.1) is 5.56 Å². The molecule has 2 heterocycles. The van der Waals surface area contributed by atoms with E-state index in [4.69, 9.17) is 5.73 Å². The molecular formula is C16H13F3N6. The van der Waals surface area contributed by atoms with Crippen LogP contribution in [-0.2, 0) is 6.18 Å². The fraction of sp³-hybridized carbons (Fsp3) is 0.0625. The van der Waals surface area contributed by atoms with Crippen molar-refractivity contribution >= 4 is 28.8 Å². The van der Waals surface area contributed by atoms with Crippen molar-refractivity contribution in [1.29, 1.82) is 0 Å². The Labute approximate surface area is 141 Å². The van der Waals surface area contributed by atoms with Gasteiger partial charge in [0.25, 0.3) is 0 Å². The van der Waals surface area contributed by atoms with Gasteiger partial charge in [-0.15, -0.1) is 0 Å². The van der Waals surface area contributed by atoms with E-state index in [1.54, 1.807) is 24.4 Å². The average molecular weight is 346 g/mol. The van der Waals surface area contributed by atoms with E-state index in [0.29, 0.717) is 17.3 Å². The highest BCUT2D eigenvalue weighted by atomic mass is 19.4.